The Hall–Kier alpha value is -0.880. The monoisotopic (exact) mass is 481 g/mol. The predicted octanol–water partition coefficient (Wildman–Crippen LogP) is 3.94. The summed E-state index contributed by atoms with van der Waals surface area (Å²) in [7, 11) is 0. The van der Waals surface area contributed by atoms with E-state index in [1.807, 2.05) is 0 Å². The number of carbonyl (C=O) groups is 2. The molecule has 4 saturated carbocycles. The molecular weight excluding hydrogens is 441 g/mol. The number of piperidine rings is 1. The van der Waals surface area contributed by atoms with Crippen molar-refractivity contribution in [2.45, 2.75) is 101 Å². The lowest BCUT2D eigenvalue weighted by molar-refractivity contribution is -0.129. The highest BCUT2D eigenvalue weighted by Crippen LogP contribution is 2.51. The molecule has 1 aliphatic heterocycles. The fraction of sp³-hybridized carbons (Fsp3) is 0.923. The van der Waals surface area contributed by atoms with Gasteiger partial charge in [0.2, 0.25) is 11.8 Å². The third-order valence-electron chi connectivity index (χ3n) is 9.46. The van der Waals surface area contributed by atoms with Crippen LogP contribution in [0.1, 0.15) is 77.0 Å². The summed E-state index contributed by atoms with van der Waals surface area (Å²) in [5.74, 6) is 1.50. The molecule has 5 fully saturated rings. The van der Waals surface area contributed by atoms with Crippen molar-refractivity contribution >= 4 is 23.4 Å². The van der Waals surface area contributed by atoms with E-state index < -0.39 is 6.17 Å². The molecule has 0 bridgehead atoms. The summed E-state index contributed by atoms with van der Waals surface area (Å²) in [6, 6.07) is 0.437. The van der Waals surface area contributed by atoms with E-state index in [4.69, 9.17) is 11.6 Å². The van der Waals surface area contributed by atoms with Crippen molar-refractivity contribution in [2.75, 3.05) is 13.1 Å². The van der Waals surface area contributed by atoms with Gasteiger partial charge in [0.25, 0.3) is 0 Å². The lowest BCUT2D eigenvalue weighted by Gasteiger charge is -2.39. The van der Waals surface area contributed by atoms with Crippen LogP contribution < -0.4 is 16.0 Å². The zero-order valence-corrected chi connectivity index (χ0v) is 20.5. The zero-order chi connectivity index (χ0) is 22.9. The molecule has 5 aliphatic rings. The summed E-state index contributed by atoms with van der Waals surface area (Å²) in [5.41, 5.74) is 0. The van der Waals surface area contributed by atoms with Crippen LogP contribution in [-0.4, -0.2) is 48.5 Å². The average molecular weight is 482 g/mol. The van der Waals surface area contributed by atoms with Gasteiger partial charge in [-0.2, -0.15) is 0 Å². The lowest BCUT2D eigenvalue weighted by Crippen LogP contribution is -2.46. The van der Waals surface area contributed by atoms with E-state index in [0.717, 1.165) is 82.7 Å². The zero-order valence-electron chi connectivity index (χ0n) is 19.7. The van der Waals surface area contributed by atoms with Crippen molar-refractivity contribution in [2.24, 2.45) is 35.5 Å². The largest absolute Gasteiger partial charge is 0.353 e. The van der Waals surface area contributed by atoms with Gasteiger partial charge in [0, 0.05) is 29.3 Å². The Balaban J connectivity index is 1.05. The van der Waals surface area contributed by atoms with Crippen LogP contribution in [-0.2, 0) is 9.59 Å². The van der Waals surface area contributed by atoms with Crippen molar-refractivity contribution in [1.82, 2.24) is 16.0 Å². The molecule has 33 heavy (non-hydrogen) atoms. The summed E-state index contributed by atoms with van der Waals surface area (Å²) < 4.78 is 15.1. The van der Waals surface area contributed by atoms with Gasteiger partial charge in [0.1, 0.15) is 6.17 Å². The average Bonchev–Trinajstić information content (AvgIpc) is 3.60. The molecule has 5 rings (SSSR count). The second kappa shape index (κ2) is 10.4. The molecule has 0 aromatic heterocycles. The van der Waals surface area contributed by atoms with Crippen LogP contribution in [0.25, 0.3) is 0 Å². The lowest BCUT2D eigenvalue weighted by atomic mass is 9.73. The Labute approximate surface area is 202 Å². The third-order valence-corrected chi connectivity index (χ3v) is 9.86. The molecule has 10 unspecified atom stereocenters. The van der Waals surface area contributed by atoms with Crippen LogP contribution in [0.2, 0.25) is 0 Å². The molecule has 7 heteroatoms. The number of alkyl halides is 2. The van der Waals surface area contributed by atoms with Crippen molar-refractivity contribution in [3.05, 3.63) is 0 Å². The van der Waals surface area contributed by atoms with Crippen molar-refractivity contribution in [1.29, 1.82) is 0 Å². The smallest absolute Gasteiger partial charge is 0.223 e. The molecule has 2 amide bonds. The minimum Gasteiger partial charge on any atom is -0.353 e. The molecular formula is C26H41ClFN3O2. The molecule has 0 aromatic rings. The maximum absolute atomic E-state index is 15.1. The first-order valence-corrected chi connectivity index (χ1v) is 14.0. The Kier molecular flexibility index (Phi) is 7.51. The molecule has 10 atom stereocenters. The van der Waals surface area contributed by atoms with Crippen LogP contribution >= 0.6 is 11.6 Å². The first-order chi connectivity index (χ1) is 16.0. The number of halogens is 2. The van der Waals surface area contributed by atoms with Crippen LogP contribution in [0.3, 0.4) is 0 Å². The first-order valence-electron chi connectivity index (χ1n) is 13.6. The highest BCUT2D eigenvalue weighted by molar-refractivity contribution is 6.20. The van der Waals surface area contributed by atoms with Crippen molar-refractivity contribution in [3.8, 4) is 0 Å². The normalized spacial score (nSPS) is 45.5. The van der Waals surface area contributed by atoms with Gasteiger partial charge in [0.05, 0.1) is 0 Å². The first kappa shape index (κ1) is 23.8. The number of fused-ring (bicyclic) bond motifs is 1. The number of nitrogens with one attached hydrogen (secondary N) is 3. The van der Waals surface area contributed by atoms with E-state index >= 15 is 4.39 Å². The van der Waals surface area contributed by atoms with Gasteiger partial charge in [-0.15, -0.1) is 11.6 Å². The third kappa shape index (κ3) is 5.69. The van der Waals surface area contributed by atoms with Crippen LogP contribution in [0.5, 0.6) is 0 Å². The molecule has 0 spiro atoms. The SMILES string of the molecule is O=C(NC1CCCC(Cl)C1)C1CCC(C2CC2C(=O)NC2CCC3CNCCC3C2)C(F)C1. The summed E-state index contributed by atoms with van der Waals surface area (Å²) in [5, 5.41) is 10.1. The standard InChI is InChI=1S/C26H41ClFN3O2/c27-18-2-1-3-19(12-18)30-25(32)16-5-7-21(24(28)11-16)22-13-23(22)26(33)31-20-6-4-17-14-29-9-8-15(17)10-20/h15-24,29H,1-14H2,(H,30,32)(H,31,33). The Morgan fingerprint density at radius 2 is 1.61 bits per heavy atom. The Bertz CT molecular complexity index is 724. The minimum atomic E-state index is -0.977. The van der Waals surface area contributed by atoms with Gasteiger partial charge in [-0.05, 0) is 114 Å². The highest BCUT2D eigenvalue weighted by Gasteiger charge is 2.52. The number of amides is 2. The molecule has 186 valence electrons. The summed E-state index contributed by atoms with van der Waals surface area (Å²) in [6.07, 6.45) is 10.0. The number of rotatable bonds is 5. The van der Waals surface area contributed by atoms with Gasteiger partial charge in [0.15, 0.2) is 0 Å². The van der Waals surface area contributed by atoms with Crippen LogP contribution in [0.15, 0.2) is 0 Å². The predicted molar refractivity (Wildman–Crippen MR) is 128 cm³/mol. The maximum atomic E-state index is 15.1. The second-order valence-corrected chi connectivity index (χ2v) is 12.3. The number of carbonyl (C=O) groups excluding carboxylic acids is 2. The quantitative estimate of drug-likeness (QED) is 0.521. The fourth-order valence-electron chi connectivity index (χ4n) is 7.39. The second-order valence-electron chi connectivity index (χ2n) is 11.7. The number of hydrogen-bond donors (Lipinski definition) is 3. The molecule has 0 radical (unpaired) electrons. The van der Waals surface area contributed by atoms with Gasteiger partial charge in [-0.25, -0.2) is 4.39 Å². The Morgan fingerprint density at radius 1 is 0.788 bits per heavy atom. The minimum absolute atomic E-state index is 0.00507. The van der Waals surface area contributed by atoms with Crippen LogP contribution in [0.4, 0.5) is 4.39 Å². The van der Waals surface area contributed by atoms with Crippen molar-refractivity contribution < 1.29 is 14.0 Å². The van der Waals surface area contributed by atoms with Crippen molar-refractivity contribution in [3.63, 3.8) is 0 Å². The van der Waals surface area contributed by atoms with Gasteiger partial charge >= 0.3 is 0 Å². The summed E-state index contributed by atoms with van der Waals surface area (Å²) in [4.78, 5) is 25.6. The van der Waals surface area contributed by atoms with E-state index in [-0.39, 0.29) is 46.9 Å². The maximum Gasteiger partial charge on any atom is 0.223 e. The van der Waals surface area contributed by atoms with Crippen LogP contribution in [0, 0.1) is 35.5 Å². The van der Waals surface area contributed by atoms with E-state index in [1.54, 1.807) is 0 Å². The Morgan fingerprint density at radius 3 is 2.42 bits per heavy atom. The molecule has 0 aromatic carbocycles. The molecule has 1 heterocycles. The van der Waals surface area contributed by atoms with Gasteiger partial charge in [-0.3, -0.25) is 9.59 Å². The summed E-state index contributed by atoms with van der Waals surface area (Å²) in [6.45, 7) is 2.22. The highest BCUT2D eigenvalue weighted by atomic mass is 35.5. The molecule has 1 saturated heterocycles. The molecule has 3 N–H and O–H groups in total. The van der Waals surface area contributed by atoms with E-state index in [9.17, 15) is 9.59 Å². The molecule has 4 aliphatic carbocycles. The topological polar surface area (TPSA) is 70.2 Å². The fourth-order valence-corrected chi connectivity index (χ4v) is 7.76. The van der Waals surface area contributed by atoms with E-state index in [1.165, 1.54) is 12.8 Å². The summed E-state index contributed by atoms with van der Waals surface area (Å²) >= 11 is 6.25. The van der Waals surface area contributed by atoms with E-state index in [2.05, 4.69) is 16.0 Å². The molecule has 5 nitrogen and oxygen atoms in total. The van der Waals surface area contributed by atoms with Gasteiger partial charge < -0.3 is 16.0 Å². The van der Waals surface area contributed by atoms with E-state index in [0.29, 0.717) is 12.5 Å². The number of hydrogen-bond acceptors (Lipinski definition) is 3. The van der Waals surface area contributed by atoms with Gasteiger partial charge in [-0.1, -0.05) is 0 Å².